The van der Waals surface area contributed by atoms with E-state index in [1.54, 1.807) is 0 Å². The molecule has 4 nitrogen and oxygen atoms in total. The zero-order valence-electron chi connectivity index (χ0n) is 11.7. The van der Waals surface area contributed by atoms with Gasteiger partial charge >= 0.3 is 0 Å². The van der Waals surface area contributed by atoms with Crippen molar-refractivity contribution in [3.63, 3.8) is 0 Å². The Hall–Kier alpha value is -0.610. The summed E-state index contributed by atoms with van der Waals surface area (Å²) in [7, 11) is 0. The van der Waals surface area contributed by atoms with Gasteiger partial charge < -0.3 is 15.4 Å². The lowest BCUT2D eigenvalue weighted by atomic mass is 9.72. The molecule has 1 atom stereocenters. The molecular weight excluding hydrogens is 228 g/mol. The number of ether oxygens (including phenoxy) is 1. The van der Waals surface area contributed by atoms with Gasteiger partial charge in [-0.25, -0.2) is 0 Å². The Morgan fingerprint density at radius 1 is 1.44 bits per heavy atom. The number of carbonyl (C=O) groups is 1. The molecule has 2 saturated heterocycles. The highest BCUT2D eigenvalue weighted by Crippen LogP contribution is 2.44. The summed E-state index contributed by atoms with van der Waals surface area (Å²) in [4.78, 5) is 14.1. The van der Waals surface area contributed by atoms with E-state index in [1.165, 1.54) is 6.42 Å². The normalized spacial score (nSPS) is 28.1. The Morgan fingerprint density at radius 3 is 2.67 bits per heavy atom. The van der Waals surface area contributed by atoms with Gasteiger partial charge in [-0.05, 0) is 31.7 Å². The van der Waals surface area contributed by atoms with Crippen molar-refractivity contribution in [2.45, 2.75) is 33.1 Å². The summed E-state index contributed by atoms with van der Waals surface area (Å²) in [5, 5.41) is 0. The molecule has 2 aliphatic rings. The third kappa shape index (κ3) is 2.86. The maximum atomic E-state index is 11.7. The van der Waals surface area contributed by atoms with E-state index in [0.717, 1.165) is 45.7 Å². The quantitative estimate of drug-likeness (QED) is 0.821. The Kier molecular flexibility index (Phi) is 4.28. The van der Waals surface area contributed by atoms with Crippen molar-refractivity contribution >= 4 is 5.91 Å². The maximum Gasteiger partial charge on any atom is 0.222 e. The number of likely N-dealkylation sites (tertiary alicyclic amines) is 1. The highest BCUT2D eigenvalue weighted by molar-refractivity contribution is 5.78. The molecular formula is C14H26N2O2. The molecule has 0 aliphatic carbocycles. The van der Waals surface area contributed by atoms with Gasteiger partial charge in [0, 0.05) is 31.7 Å². The lowest BCUT2D eigenvalue weighted by Crippen LogP contribution is -2.42. The van der Waals surface area contributed by atoms with E-state index in [9.17, 15) is 4.79 Å². The minimum atomic E-state index is -0.121. The minimum absolute atomic E-state index is 0.0218. The summed E-state index contributed by atoms with van der Waals surface area (Å²) in [5.41, 5.74) is 5.71. The Bertz CT molecular complexity index is 298. The molecule has 2 rings (SSSR count). The largest absolute Gasteiger partial charge is 0.381 e. The molecule has 1 spiro atoms. The molecule has 0 aromatic carbocycles. The van der Waals surface area contributed by atoms with E-state index in [1.807, 2.05) is 0 Å². The van der Waals surface area contributed by atoms with Crippen LogP contribution in [-0.4, -0.2) is 43.7 Å². The summed E-state index contributed by atoms with van der Waals surface area (Å²) in [6.45, 7) is 9.00. The zero-order chi connectivity index (χ0) is 13.2. The van der Waals surface area contributed by atoms with Crippen LogP contribution in [0.3, 0.4) is 0 Å². The number of hydrogen-bond acceptors (Lipinski definition) is 3. The van der Waals surface area contributed by atoms with Gasteiger partial charge in [0.15, 0.2) is 0 Å². The molecule has 2 N–H and O–H groups in total. The molecule has 1 amide bonds. The van der Waals surface area contributed by atoms with Crippen LogP contribution >= 0.6 is 0 Å². The Balaban J connectivity index is 2.01. The summed E-state index contributed by atoms with van der Waals surface area (Å²) < 4.78 is 5.45. The van der Waals surface area contributed by atoms with Gasteiger partial charge in [0.25, 0.3) is 0 Å². The first-order valence-electron chi connectivity index (χ1n) is 7.13. The van der Waals surface area contributed by atoms with Crippen molar-refractivity contribution in [2.24, 2.45) is 23.0 Å². The average Bonchev–Trinajstić information content (AvgIpc) is 2.66. The lowest BCUT2D eigenvalue weighted by Gasteiger charge is -2.36. The Morgan fingerprint density at radius 2 is 2.11 bits per heavy atom. The third-order valence-corrected chi connectivity index (χ3v) is 4.57. The highest BCUT2D eigenvalue weighted by Gasteiger charge is 2.49. The molecule has 0 bridgehead atoms. The fourth-order valence-corrected chi connectivity index (χ4v) is 3.36. The second-order valence-corrected chi connectivity index (χ2v) is 6.35. The minimum Gasteiger partial charge on any atom is -0.381 e. The first-order chi connectivity index (χ1) is 8.53. The predicted octanol–water partition coefficient (Wildman–Crippen LogP) is 1.25. The van der Waals surface area contributed by atoms with E-state index in [-0.39, 0.29) is 17.2 Å². The number of amides is 1. The number of nitrogens with two attached hydrogens (primary N) is 1. The van der Waals surface area contributed by atoms with Gasteiger partial charge in [0.2, 0.25) is 5.91 Å². The second-order valence-electron chi connectivity index (χ2n) is 6.35. The smallest absolute Gasteiger partial charge is 0.222 e. The van der Waals surface area contributed by atoms with Crippen LogP contribution in [0.1, 0.15) is 33.1 Å². The van der Waals surface area contributed by atoms with Gasteiger partial charge in [-0.1, -0.05) is 13.8 Å². The van der Waals surface area contributed by atoms with Crippen molar-refractivity contribution < 1.29 is 9.53 Å². The molecule has 2 fully saturated rings. The van der Waals surface area contributed by atoms with Crippen molar-refractivity contribution in [1.29, 1.82) is 0 Å². The van der Waals surface area contributed by atoms with Crippen molar-refractivity contribution in [2.75, 3.05) is 32.8 Å². The van der Waals surface area contributed by atoms with Crippen LogP contribution in [0.4, 0.5) is 0 Å². The van der Waals surface area contributed by atoms with Gasteiger partial charge in [-0.15, -0.1) is 0 Å². The van der Waals surface area contributed by atoms with Crippen LogP contribution in [0.25, 0.3) is 0 Å². The number of primary amides is 1. The molecule has 0 radical (unpaired) electrons. The number of nitrogens with zero attached hydrogens (tertiary/aromatic N) is 1. The third-order valence-electron chi connectivity index (χ3n) is 4.57. The average molecular weight is 254 g/mol. The molecule has 2 aliphatic heterocycles. The number of rotatable bonds is 4. The summed E-state index contributed by atoms with van der Waals surface area (Å²) in [6.07, 6.45) is 3.16. The fourth-order valence-electron chi connectivity index (χ4n) is 3.36. The van der Waals surface area contributed by atoms with Crippen molar-refractivity contribution in [3.8, 4) is 0 Å². The summed E-state index contributed by atoms with van der Waals surface area (Å²) >= 11 is 0. The summed E-state index contributed by atoms with van der Waals surface area (Å²) in [6, 6.07) is 0. The zero-order valence-corrected chi connectivity index (χ0v) is 11.7. The van der Waals surface area contributed by atoms with E-state index in [2.05, 4.69) is 18.7 Å². The van der Waals surface area contributed by atoms with Crippen LogP contribution in [0.5, 0.6) is 0 Å². The van der Waals surface area contributed by atoms with Crippen molar-refractivity contribution in [3.05, 3.63) is 0 Å². The van der Waals surface area contributed by atoms with Crippen LogP contribution in [-0.2, 0) is 9.53 Å². The van der Waals surface area contributed by atoms with Crippen molar-refractivity contribution in [1.82, 2.24) is 4.90 Å². The van der Waals surface area contributed by atoms with E-state index >= 15 is 0 Å². The SMILES string of the molecule is CC(C)CCN1CC(C(N)=O)C2(CCOCC2)C1. The van der Waals surface area contributed by atoms with Crippen LogP contribution in [0.2, 0.25) is 0 Å². The predicted molar refractivity (Wildman–Crippen MR) is 71.1 cm³/mol. The van der Waals surface area contributed by atoms with Gasteiger partial charge in [-0.3, -0.25) is 4.79 Å². The molecule has 0 aromatic rings. The molecule has 2 heterocycles. The fraction of sp³-hybridized carbons (Fsp3) is 0.929. The number of carbonyl (C=O) groups excluding carboxylic acids is 1. The van der Waals surface area contributed by atoms with Gasteiger partial charge in [0.1, 0.15) is 0 Å². The van der Waals surface area contributed by atoms with Crippen LogP contribution in [0.15, 0.2) is 0 Å². The first-order valence-corrected chi connectivity index (χ1v) is 7.13. The lowest BCUT2D eigenvalue weighted by molar-refractivity contribution is -0.126. The molecule has 4 heteroatoms. The molecule has 0 saturated carbocycles. The molecule has 18 heavy (non-hydrogen) atoms. The van der Waals surface area contributed by atoms with E-state index < -0.39 is 0 Å². The van der Waals surface area contributed by atoms with Gasteiger partial charge in [-0.2, -0.15) is 0 Å². The summed E-state index contributed by atoms with van der Waals surface area (Å²) in [5.74, 6) is 0.612. The standard InChI is InChI=1S/C14H26N2O2/c1-11(2)3-6-16-9-12(13(15)17)14(10-16)4-7-18-8-5-14/h11-12H,3-10H2,1-2H3,(H2,15,17). The van der Waals surface area contributed by atoms with Gasteiger partial charge in [0.05, 0.1) is 5.92 Å². The van der Waals surface area contributed by atoms with Crippen LogP contribution < -0.4 is 5.73 Å². The van der Waals surface area contributed by atoms with E-state index in [4.69, 9.17) is 10.5 Å². The highest BCUT2D eigenvalue weighted by atomic mass is 16.5. The maximum absolute atomic E-state index is 11.7. The van der Waals surface area contributed by atoms with E-state index in [0.29, 0.717) is 5.92 Å². The monoisotopic (exact) mass is 254 g/mol. The number of hydrogen-bond donors (Lipinski definition) is 1. The molecule has 0 aromatic heterocycles. The Labute approximate surface area is 110 Å². The molecule has 104 valence electrons. The topological polar surface area (TPSA) is 55.6 Å². The molecule has 1 unspecified atom stereocenters. The van der Waals surface area contributed by atoms with Crippen LogP contribution in [0, 0.1) is 17.3 Å². The second kappa shape index (κ2) is 5.57. The first kappa shape index (κ1) is 13.8.